The molecule has 1 fully saturated rings. The van der Waals surface area contributed by atoms with Crippen molar-refractivity contribution in [2.45, 2.75) is 25.9 Å². The zero-order valence-corrected chi connectivity index (χ0v) is 10.3. The molecule has 1 amide bonds. The van der Waals surface area contributed by atoms with Gasteiger partial charge in [-0.25, -0.2) is 8.78 Å². The summed E-state index contributed by atoms with van der Waals surface area (Å²) in [5, 5.41) is 3.19. The van der Waals surface area contributed by atoms with Crippen LogP contribution in [-0.2, 0) is 6.54 Å². The Balaban J connectivity index is 2.15. The number of carbonyl (C=O) groups is 1. The van der Waals surface area contributed by atoms with E-state index in [-0.39, 0.29) is 11.9 Å². The van der Waals surface area contributed by atoms with Gasteiger partial charge in [-0.2, -0.15) is 0 Å². The average Bonchev–Trinajstić information content (AvgIpc) is 2.76. The first-order valence-corrected chi connectivity index (χ1v) is 6.04. The Labute approximate surface area is 105 Å². The van der Waals surface area contributed by atoms with Crippen molar-refractivity contribution in [2.24, 2.45) is 0 Å². The van der Waals surface area contributed by atoms with Gasteiger partial charge < -0.3 is 14.8 Å². The van der Waals surface area contributed by atoms with Crippen LogP contribution in [0.15, 0.2) is 18.3 Å². The van der Waals surface area contributed by atoms with Gasteiger partial charge in [0.2, 0.25) is 0 Å². The van der Waals surface area contributed by atoms with Gasteiger partial charge in [0.25, 0.3) is 12.3 Å². The second-order valence-electron chi connectivity index (χ2n) is 4.49. The fourth-order valence-electron chi connectivity index (χ4n) is 2.21. The van der Waals surface area contributed by atoms with E-state index in [1.165, 1.54) is 10.8 Å². The van der Waals surface area contributed by atoms with Gasteiger partial charge in [0.15, 0.2) is 0 Å². The first kappa shape index (κ1) is 13.0. The second-order valence-corrected chi connectivity index (χ2v) is 4.49. The van der Waals surface area contributed by atoms with Crippen LogP contribution in [0.25, 0.3) is 0 Å². The third-order valence-electron chi connectivity index (χ3n) is 3.15. The van der Waals surface area contributed by atoms with E-state index >= 15 is 0 Å². The van der Waals surface area contributed by atoms with Gasteiger partial charge >= 0.3 is 0 Å². The van der Waals surface area contributed by atoms with Crippen LogP contribution in [-0.4, -0.2) is 47.5 Å². The quantitative estimate of drug-likeness (QED) is 0.883. The van der Waals surface area contributed by atoms with Crippen molar-refractivity contribution < 1.29 is 13.6 Å². The highest BCUT2D eigenvalue weighted by atomic mass is 19.3. The second kappa shape index (κ2) is 5.48. The lowest BCUT2D eigenvalue weighted by Crippen LogP contribution is -2.52. The molecule has 6 heteroatoms. The summed E-state index contributed by atoms with van der Waals surface area (Å²) in [6.07, 6.45) is -0.934. The third-order valence-corrected chi connectivity index (χ3v) is 3.15. The van der Waals surface area contributed by atoms with E-state index in [4.69, 9.17) is 0 Å². The van der Waals surface area contributed by atoms with E-state index in [0.717, 1.165) is 13.1 Å². The van der Waals surface area contributed by atoms with Crippen molar-refractivity contribution in [3.05, 3.63) is 24.0 Å². The SMILES string of the molecule is C[C@@H]1CNCCN1C(=O)c1cccn1CC(F)F. The molecule has 1 aliphatic rings. The molecule has 18 heavy (non-hydrogen) atoms. The minimum absolute atomic E-state index is 0.0844. The van der Waals surface area contributed by atoms with Gasteiger partial charge in [-0.15, -0.1) is 0 Å². The maximum Gasteiger partial charge on any atom is 0.270 e. The number of amides is 1. The lowest BCUT2D eigenvalue weighted by Gasteiger charge is -2.34. The number of rotatable bonds is 3. The summed E-state index contributed by atoms with van der Waals surface area (Å²) in [5.41, 5.74) is 0.337. The van der Waals surface area contributed by atoms with E-state index in [9.17, 15) is 13.6 Å². The van der Waals surface area contributed by atoms with Crippen LogP contribution in [0, 0.1) is 0 Å². The van der Waals surface area contributed by atoms with Crippen LogP contribution >= 0.6 is 0 Å². The number of piperazine rings is 1. The molecule has 2 rings (SSSR count). The highest BCUT2D eigenvalue weighted by Crippen LogP contribution is 2.13. The molecule has 0 radical (unpaired) electrons. The predicted octanol–water partition coefficient (Wildman–Crippen LogP) is 1.19. The zero-order valence-electron chi connectivity index (χ0n) is 10.3. The van der Waals surface area contributed by atoms with E-state index < -0.39 is 13.0 Å². The molecule has 1 atom stereocenters. The Hall–Kier alpha value is -1.43. The molecule has 0 aliphatic carbocycles. The molecule has 1 aromatic heterocycles. The molecule has 1 aliphatic heterocycles. The third kappa shape index (κ3) is 2.69. The van der Waals surface area contributed by atoms with Crippen molar-refractivity contribution >= 4 is 5.91 Å². The molecule has 100 valence electrons. The molecule has 4 nitrogen and oxygen atoms in total. The zero-order chi connectivity index (χ0) is 13.1. The number of carbonyl (C=O) groups excluding carboxylic acids is 1. The maximum absolute atomic E-state index is 12.4. The van der Waals surface area contributed by atoms with Crippen LogP contribution in [0.5, 0.6) is 0 Å². The standard InChI is InChI=1S/C12H17F2N3O/c1-9-7-15-4-6-17(9)12(18)10-3-2-5-16(10)8-11(13)14/h2-3,5,9,11,15H,4,6-8H2,1H3/t9-/m1/s1. The highest BCUT2D eigenvalue weighted by Gasteiger charge is 2.26. The van der Waals surface area contributed by atoms with E-state index in [2.05, 4.69) is 5.32 Å². The van der Waals surface area contributed by atoms with Gasteiger partial charge in [-0.05, 0) is 19.1 Å². The van der Waals surface area contributed by atoms with Crippen LogP contribution in [0.4, 0.5) is 8.78 Å². The van der Waals surface area contributed by atoms with Gasteiger partial charge in [-0.1, -0.05) is 0 Å². The molecule has 0 unspecified atom stereocenters. The van der Waals surface area contributed by atoms with E-state index in [1.54, 1.807) is 17.0 Å². The number of hydrogen-bond acceptors (Lipinski definition) is 2. The summed E-state index contributed by atoms with van der Waals surface area (Å²) in [5.74, 6) is -0.172. The maximum atomic E-state index is 12.4. The Kier molecular flexibility index (Phi) is 3.96. The average molecular weight is 257 g/mol. The van der Waals surface area contributed by atoms with Crippen molar-refractivity contribution in [1.82, 2.24) is 14.8 Å². The minimum Gasteiger partial charge on any atom is -0.338 e. The fraction of sp³-hybridized carbons (Fsp3) is 0.583. The topological polar surface area (TPSA) is 37.3 Å². The minimum atomic E-state index is -2.45. The molecular weight excluding hydrogens is 240 g/mol. The molecule has 0 spiro atoms. The summed E-state index contributed by atoms with van der Waals surface area (Å²) >= 11 is 0. The number of hydrogen-bond donors (Lipinski definition) is 1. The molecular formula is C12H17F2N3O. The van der Waals surface area contributed by atoms with Crippen molar-refractivity contribution in [2.75, 3.05) is 19.6 Å². The number of nitrogens with one attached hydrogen (secondary N) is 1. The normalized spacial score (nSPS) is 20.4. The Morgan fingerprint density at radius 2 is 2.39 bits per heavy atom. The summed E-state index contributed by atoms with van der Waals surface area (Å²) in [6.45, 7) is 3.60. The van der Waals surface area contributed by atoms with E-state index in [1.807, 2.05) is 6.92 Å². The highest BCUT2D eigenvalue weighted by molar-refractivity contribution is 5.93. The largest absolute Gasteiger partial charge is 0.338 e. The Morgan fingerprint density at radius 3 is 3.06 bits per heavy atom. The first-order valence-electron chi connectivity index (χ1n) is 6.04. The predicted molar refractivity (Wildman–Crippen MR) is 63.8 cm³/mol. The van der Waals surface area contributed by atoms with Crippen LogP contribution in [0.1, 0.15) is 17.4 Å². The van der Waals surface area contributed by atoms with Gasteiger partial charge in [0.1, 0.15) is 5.69 Å². The van der Waals surface area contributed by atoms with Crippen molar-refractivity contribution in [3.63, 3.8) is 0 Å². The smallest absolute Gasteiger partial charge is 0.270 e. The van der Waals surface area contributed by atoms with Crippen LogP contribution in [0.3, 0.4) is 0 Å². The molecule has 1 N–H and O–H groups in total. The Morgan fingerprint density at radius 1 is 1.61 bits per heavy atom. The summed E-state index contributed by atoms with van der Waals surface area (Å²) in [4.78, 5) is 14.0. The number of aromatic nitrogens is 1. The molecule has 0 saturated carbocycles. The Bertz CT molecular complexity index is 419. The monoisotopic (exact) mass is 257 g/mol. The summed E-state index contributed by atoms with van der Waals surface area (Å²) in [6, 6.07) is 3.31. The van der Waals surface area contributed by atoms with E-state index in [0.29, 0.717) is 12.2 Å². The molecule has 2 heterocycles. The summed E-state index contributed by atoms with van der Waals surface area (Å²) < 4.78 is 26.1. The van der Waals surface area contributed by atoms with Crippen LogP contribution < -0.4 is 5.32 Å². The van der Waals surface area contributed by atoms with Gasteiger partial charge in [0, 0.05) is 31.9 Å². The molecule has 0 bridgehead atoms. The molecule has 0 aromatic carbocycles. The number of alkyl halides is 2. The first-order chi connectivity index (χ1) is 8.59. The van der Waals surface area contributed by atoms with Gasteiger partial charge in [0.05, 0.1) is 6.54 Å². The van der Waals surface area contributed by atoms with Crippen molar-refractivity contribution in [3.8, 4) is 0 Å². The summed E-state index contributed by atoms with van der Waals surface area (Å²) in [7, 11) is 0. The number of nitrogens with zero attached hydrogens (tertiary/aromatic N) is 2. The number of halogens is 2. The van der Waals surface area contributed by atoms with Gasteiger partial charge in [-0.3, -0.25) is 4.79 Å². The molecule has 1 saturated heterocycles. The van der Waals surface area contributed by atoms with Crippen molar-refractivity contribution in [1.29, 1.82) is 0 Å². The lowest BCUT2D eigenvalue weighted by molar-refractivity contribution is 0.0636. The fourth-order valence-corrected chi connectivity index (χ4v) is 2.21. The molecule has 1 aromatic rings. The van der Waals surface area contributed by atoms with Crippen LogP contribution in [0.2, 0.25) is 0 Å². The lowest BCUT2D eigenvalue weighted by atomic mass is 10.2.